The number of carbonyl (C=O) groups is 6. The fourth-order valence-electron chi connectivity index (χ4n) is 7.58. The number of carboxylic acids is 4. The van der Waals surface area contributed by atoms with Gasteiger partial charge in [-0.2, -0.15) is 0 Å². The molecule has 2 aliphatic heterocycles. The first-order chi connectivity index (χ1) is 29.7. The number of fused-ring (bicyclic) bond motifs is 8. The molecule has 3 aromatic heterocycles. The quantitative estimate of drug-likeness (QED) is 0.0629. The van der Waals surface area contributed by atoms with Gasteiger partial charge in [-0.3, -0.25) is 24.2 Å². The number of carbonyl (C=O) groups excluding carboxylic acids is 2. The maximum absolute atomic E-state index is 13.1. The Labute approximate surface area is 360 Å². The largest absolute Gasteiger partial charge is 0.481 e. The number of aryl methyl sites for hydroxylation is 3. The summed E-state index contributed by atoms with van der Waals surface area (Å²) in [5.74, 6) is -7.91. The molecule has 5 heterocycles. The van der Waals surface area contributed by atoms with Crippen molar-refractivity contribution >= 4 is 81.2 Å². The molecule has 19 heteroatoms. The Morgan fingerprint density at radius 1 is 0.825 bits per heavy atom. The van der Waals surface area contributed by atoms with Crippen molar-refractivity contribution in [2.75, 3.05) is 7.11 Å². The van der Waals surface area contributed by atoms with E-state index in [-0.39, 0.29) is 25.7 Å². The summed E-state index contributed by atoms with van der Waals surface area (Å²) in [6.45, 7) is 11.2. The van der Waals surface area contributed by atoms with Gasteiger partial charge in [0, 0.05) is 40.5 Å². The van der Waals surface area contributed by atoms with Gasteiger partial charge in [-0.1, -0.05) is 23.9 Å². The number of rotatable bonds is 18. The maximum Gasteiger partial charge on any atom is 0.326 e. The molecule has 3 aromatic rings. The number of aliphatic hydroxyl groups is 1. The number of aromatic amines is 2. The molecule has 332 valence electrons. The highest BCUT2D eigenvalue weighted by Crippen LogP contribution is 2.42. The number of hydrogen-bond acceptors (Lipinski definition) is 11. The minimum absolute atomic E-state index is 0.0461. The van der Waals surface area contributed by atoms with Gasteiger partial charge < -0.3 is 51.0 Å². The first kappa shape index (κ1) is 46.7. The summed E-state index contributed by atoms with van der Waals surface area (Å²) >= 11 is 0. The normalized spacial score (nSPS) is 17.1. The van der Waals surface area contributed by atoms with Crippen molar-refractivity contribution in [1.29, 1.82) is 0 Å². The predicted octanol–water partition coefficient (Wildman–Crippen LogP) is 4.49. The average Bonchev–Trinajstić information content (AvgIpc) is 3.84. The Morgan fingerprint density at radius 3 is 1.97 bits per heavy atom. The van der Waals surface area contributed by atoms with Crippen LogP contribution in [0.3, 0.4) is 0 Å². The topological polar surface area (TPSA) is 307 Å². The molecule has 0 radical (unpaired) electrons. The van der Waals surface area contributed by atoms with Gasteiger partial charge in [0.2, 0.25) is 11.8 Å². The summed E-state index contributed by atoms with van der Waals surface area (Å²) in [7, 11) is 1.40. The maximum atomic E-state index is 13.1. The van der Waals surface area contributed by atoms with Gasteiger partial charge >= 0.3 is 23.9 Å². The molecule has 9 N–H and O–H groups in total. The number of nitrogens with one attached hydrogen (secondary N) is 4. The highest BCUT2D eigenvalue weighted by atomic mass is 16.6. The lowest BCUT2D eigenvalue weighted by Gasteiger charge is -2.23. The van der Waals surface area contributed by atoms with Crippen LogP contribution in [-0.4, -0.2) is 107 Å². The fraction of sp³-hybridized carbons (Fsp3) is 0.341. The molecule has 0 aromatic carbocycles. The smallest absolute Gasteiger partial charge is 0.326 e. The lowest BCUT2D eigenvalue weighted by Crippen LogP contribution is -2.42. The second-order valence-electron chi connectivity index (χ2n) is 15.3. The van der Waals surface area contributed by atoms with Gasteiger partial charge in [0.1, 0.15) is 24.8 Å². The summed E-state index contributed by atoms with van der Waals surface area (Å²) < 4.78 is 0. The van der Waals surface area contributed by atoms with Crippen LogP contribution in [0, 0.1) is 13.8 Å². The zero-order chi connectivity index (χ0) is 46.3. The average molecular weight is 868 g/mol. The van der Waals surface area contributed by atoms with Crippen LogP contribution in [0.4, 0.5) is 0 Å². The molecular weight excluding hydrogens is 819 g/mol. The van der Waals surface area contributed by atoms with Gasteiger partial charge in [0.25, 0.3) is 0 Å². The van der Waals surface area contributed by atoms with E-state index in [4.69, 9.17) is 14.8 Å². The van der Waals surface area contributed by atoms with Crippen LogP contribution in [0.5, 0.6) is 0 Å². The number of oxime groups is 1. The van der Waals surface area contributed by atoms with Crippen LogP contribution in [-0.2, 0) is 45.6 Å². The monoisotopic (exact) mass is 867 g/mol. The molecule has 8 bridgehead atoms. The molecule has 0 saturated carbocycles. The summed E-state index contributed by atoms with van der Waals surface area (Å²) in [6.07, 6.45) is 4.45. The number of amides is 2. The molecule has 4 atom stereocenters. The molecule has 0 spiro atoms. The van der Waals surface area contributed by atoms with Gasteiger partial charge in [0.15, 0.2) is 0 Å². The Balaban J connectivity index is 1.76. The van der Waals surface area contributed by atoms with Crippen LogP contribution >= 0.6 is 0 Å². The minimum Gasteiger partial charge on any atom is -0.481 e. The van der Waals surface area contributed by atoms with E-state index < -0.39 is 72.1 Å². The van der Waals surface area contributed by atoms with Crippen molar-refractivity contribution in [1.82, 2.24) is 30.6 Å². The third kappa shape index (κ3) is 10.7. The fourth-order valence-corrected chi connectivity index (χ4v) is 7.58. The second kappa shape index (κ2) is 19.5. The lowest BCUT2D eigenvalue weighted by molar-refractivity contribution is -0.147. The van der Waals surface area contributed by atoms with E-state index in [2.05, 4.69) is 32.3 Å². The summed E-state index contributed by atoms with van der Waals surface area (Å²) in [5.41, 5.74) is 6.59. The number of hydrogen-bond donors (Lipinski definition) is 9. The van der Waals surface area contributed by atoms with Crippen molar-refractivity contribution in [3.63, 3.8) is 0 Å². The second-order valence-corrected chi connectivity index (χ2v) is 15.3. The molecule has 5 rings (SSSR count). The molecular formula is C44H49N7O12. The van der Waals surface area contributed by atoms with Crippen molar-refractivity contribution in [2.45, 2.75) is 89.8 Å². The molecule has 2 aliphatic rings. The number of aliphatic carboxylic acids is 4. The summed E-state index contributed by atoms with van der Waals surface area (Å²) in [6, 6.07) is 3.76. The number of H-pyrrole nitrogens is 2. The van der Waals surface area contributed by atoms with Crippen molar-refractivity contribution in [3.8, 4) is 0 Å². The van der Waals surface area contributed by atoms with Crippen LogP contribution < -0.4 is 10.6 Å². The first-order valence-electron chi connectivity index (χ1n) is 19.8. The van der Waals surface area contributed by atoms with E-state index in [0.29, 0.717) is 67.1 Å². The first-order valence-corrected chi connectivity index (χ1v) is 19.8. The van der Waals surface area contributed by atoms with Crippen molar-refractivity contribution in [2.24, 2.45) is 5.16 Å². The summed E-state index contributed by atoms with van der Waals surface area (Å²) in [5, 5.41) is 57.9. The summed E-state index contributed by atoms with van der Waals surface area (Å²) in [4.78, 5) is 93.7. The minimum atomic E-state index is -1.66. The zero-order valence-corrected chi connectivity index (χ0v) is 35.2. The SMILES string of the molecule is C=Cc1c(C)c2cc3nc(cc4[nH]c(cc5nc(cc1[nH]2)C(C)(O)C5/C=C/C=N\OC)c(C)c4CCC(=O)NC(CC(=O)O)C(=O)O)C(CCC(=O)NC(CC(=O)O)C(=O)O)=C3C. The van der Waals surface area contributed by atoms with Gasteiger partial charge in [-0.25, -0.2) is 14.6 Å². The zero-order valence-electron chi connectivity index (χ0n) is 35.2. The van der Waals surface area contributed by atoms with Gasteiger partial charge in [-0.15, -0.1) is 0 Å². The standard InChI is InChI=1S/C44H49N7O12/c1-7-24-21(2)28-15-29-22(3)25(10-12-38(52)50-35(42(58)59)19-40(54)55)31(46-29)17-32-26(11-13-39(53)51-36(43(60)61)20-41(56)57)23(4)30(47-32)16-34-27(9-8-14-45-63-6)44(5,62)37(49-34)18-33(24)48-28/h7-9,14-18,27,35-36,47-48,62H,1,10-13,19-20H2,2-6H3,(H,50,52)(H,51,53)(H,54,55)(H,56,57)(H,58,59)(H,60,61)/b9-8+,28-15?,29-15?,30-16?,31-17?,32-17?,33-18?,34-16?,37-18?,45-14-. The van der Waals surface area contributed by atoms with Crippen molar-refractivity contribution in [3.05, 3.63) is 88.0 Å². The highest BCUT2D eigenvalue weighted by Gasteiger charge is 2.40. The third-order valence-electron chi connectivity index (χ3n) is 11.0. The molecule has 63 heavy (non-hydrogen) atoms. The predicted molar refractivity (Wildman–Crippen MR) is 231 cm³/mol. The van der Waals surface area contributed by atoms with E-state index in [0.717, 1.165) is 11.1 Å². The molecule has 2 amide bonds. The Bertz CT molecular complexity index is 2640. The van der Waals surface area contributed by atoms with E-state index in [9.17, 15) is 54.3 Å². The molecule has 4 unspecified atom stereocenters. The highest BCUT2D eigenvalue weighted by molar-refractivity contribution is 5.95. The molecule has 0 saturated heterocycles. The number of carboxylic acid groups (broad SMARTS) is 4. The lowest BCUT2D eigenvalue weighted by atomic mass is 9.86. The van der Waals surface area contributed by atoms with Gasteiger partial charge in [0.05, 0.1) is 47.7 Å². The Kier molecular flexibility index (Phi) is 14.5. The van der Waals surface area contributed by atoms with Crippen molar-refractivity contribution < 1.29 is 59.1 Å². The van der Waals surface area contributed by atoms with E-state index in [1.807, 2.05) is 19.9 Å². The number of allylic oxidation sites excluding steroid dienone is 3. The molecule has 0 fully saturated rings. The van der Waals surface area contributed by atoms with Gasteiger partial charge in [-0.05, 0) is 98.7 Å². The van der Waals surface area contributed by atoms with Crippen LogP contribution in [0.1, 0.15) is 96.9 Å². The van der Waals surface area contributed by atoms with E-state index in [1.54, 1.807) is 50.3 Å². The van der Waals surface area contributed by atoms with E-state index in [1.165, 1.54) is 13.3 Å². The third-order valence-corrected chi connectivity index (χ3v) is 11.0. The molecule has 0 aliphatic carbocycles. The number of aromatic nitrogens is 4. The van der Waals surface area contributed by atoms with Crippen LogP contribution in [0.25, 0.3) is 39.3 Å². The molecule has 19 nitrogen and oxygen atoms in total. The van der Waals surface area contributed by atoms with Crippen LogP contribution in [0.15, 0.2) is 48.2 Å². The Morgan fingerprint density at radius 2 is 1.40 bits per heavy atom. The Hall–Kier alpha value is -7.41. The number of nitrogens with zero attached hydrogens (tertiary/aromatic N) is 3. The van der Waals surface area contributed by atoms with E-state index >= 15 is 0 Å². The van der Waals surface area contributed by atoms with Crippen LogP contribution in [0.2, 0.25) is 0 Å².